The van der Waals surface area contributed by atoms with Crippen LogP contribution in [-0.4, -0.2) is 16.9 Å². The predicted octanol–water partition coefficient (Wildman–Crippen LogP) is 1.74. The van der Waals surface area contributed by atoms with Gasteiger partial charge in [0, 0.05) is 5.56 Å². The Kier molecular flexibility index (Phi) is 3.47. The Hall–Kier alpha value is -2.82. The molecule has 0 fully saturated rings. The maximum Gasteiger partial charge on any atom is 0.255 e. The summed E-state index contributed by atoms with van der Waals surface area (Å²) in [5.74, 6) is -1.47. The van der Waals surface area contributed by atoms with Crippen molar-refractivity contribution in [3.63, 3.8) is 0 Å². The van der Waals surface area contributed by atoms with Gasteiger partial charge in [-0.1, -0.05) is 24.3 Å². The number of benzene rings is 2. The number of nitrogens with two attached hydrogens (primary N) is 1. The lowest BCUT2D eigenvalue weighted by molar-refractivity contribution is 0.0993. The SMILES string of the molecule is NC(=O)c1cccc(NC(=O)c2ccccc2)c1O. The van der Waals surface area contributed by atoms with Crippen LogP contribution in [0.3, 0.4) is 0 Å². The van der Waals surface area contributed by atoms with E-state index in [1.54, 1.807) is 30.3 Å². The van der Waals surface area contributed by atoms with Crippen molar-refractivity contribution in [1.29, 1.82) is 0 Å². The summed E-state index contributed by atoms with van der Waals surface area (Å²) in [7, 11) is 0. The predicted molar refractivity (Wildman–Crippen MR) is 71.0 cm³/mol. The van der Waals surface area contributed by atoms with Gasteiger partial charge in [0.15, 0.2) is 5.75 Å². The second kappa shape index (κ2) is 5.22. The fourth-order valence-electron chi connectivity index (χ4n) is 1.63. The van der Waals surface area contributed by atoms with Crippen molar-refractivity contribution in [2.75, 3.05) is 5.32 Å². The molecule has 0 spiro atoms. The monoisotopic (exact) mass is 256 g/mol. The standard InChI is InChI=1S/C14H12N2O3/c15-13(18)10-7-4-8-11(12(10)17)16-14(19)9-5-2-1-3-6-9/h1-8,17H,(H2,15,18)(H,16,19). The van der Waals surface area contributed by atoms with Crippen LogP contribution in [0, 0.1) is 0 Å². The van der Waals surface area contributed by atoms with Gasteiger partial charge in [0.05, 0.1) is 11.3 Å². The van der Waals surface area contributed by atoms with E-state index in [4.69, 9.17) is 5.73 Å². The highest BCUT2D eigenvalue weighted by atomic mass is 16.3. The molecule has 5 heteroatoms. The topological polar surface area (TPSA) is 92.4 Å². The third-order valence-corrected chi connectivity index (χ3v) is 2.59. The van der Waals surface area contributed by atoms with Crippen molar-refractivity contribution in [1.82, 2.24) is 0 Å². The molecular weight excluding hydrogens is 244 g/mol. The molecule has 0 unspecified atom stereocenters. The fraction of sp³-hybridized carbons (Fsp3) is 0. The van der Waals surface area contributed by atoms with Gasteiger partial charge >= 0.3 is 0 Å². The largest absolute Gasteiger partial charge is 0.505 e. The van der Waals surface area contributed by atoms with E-state index < -0.39 is 5.91 Å². The van der Waals surface area contributed by atoms with E-state index in [1.807, 2.05) is 0 Å². The van der Waals surface area contributed by atoms with Crippen LogP contribution in [0.4, 0.5) is 5.69 Å². The second-order valence-electron chi connectivity index (χ2n) is 3.89. The van der Waals surface area contributed by atoms with Crippen molar-refractivity contribution in [2.24, 2.45) is 5.73 Å². The maximum absolute atomic E-state index is 11.9. The number of para-hydroxylation sites is 1. The first-order valence-electron chi connectivity index (χ1n) is 5.58. The Bertz CT molecular complexity index is 624. The highest BCUT2D eigenvalue weighted by Gasteiger charge is 2.13. The molecule has 2 amide bonds. The quantitative estimate of drug-likeness (QED) is 0.730. The summed E-state index contributed by atoms with van der Waals surface area (Å²) in [5.41, 5.74) is 5.67. The van der Waals surface area contributed by atoms with Crippen LogP contribution in [-0.2, 0) is 0 Å². The zero-order valence-electron chi connectivity index (χ0n) is 9.96. The molecule has 0 saturated heterocycles. The van der Waals surface area contributed by atoms with Gasteiger partial charge in [0.25, 0.3) is 11.8 Å². The molecule has 2 aromatic carbocycles. The van der Waals surface area contributed by atoms with Gasteiger partial charge in [-0.25, -0.2) is 0 Å². The van der Waals surface area contributed by atoms with Crippen molar-refractivity contribution >= 4 is 17.5 Å². The lowest BCUT2D eigenvalue weighted by Gasteiger charge is -2.09. The van der Waals surface area contributed by atoms with Crippen LogP contribution < -0.4 is 11.1 Å². The van der Waals surface area contributed by atoms with Gasteiger partial charge < -0.3 is 16.2 Å². The van der Waals surface area contributed by atoms with E-state index in [1.165, 1.54) is 18.2 Å². The van der Waals surface area contributed by atoms with Crippen LogP contribution in [0.5, 0.6) is 5.75 Å². The number of hydrogen-bond donors (Lipinski definition) is 3. The highest BCUT2D eigenvalue weighted by molar-refractivity contribution is 6.06. The van der Waals surface area contributed by atoms with Crippen molar-refractivity contribution in [2.45, 2.75) is 0 Å². The minimum absolute atomic E-state index is 0.0362. The summed E-state index contributed by atoms with van der Waals surface area (Å²) < 4.78 is 0. The fourth-order valence-corrected chi connectivity index (χ4v) is 1.63. The van der Waals surface area contributed by atoms with Crippen molar-refractivity contribution in [3.05, 3.63) is 59.7 Å². The Balaban J connectivity index is 2.27. The molecule has 0 heterocycles. The van der Waals surface area contributed by atoms with Gasteiger partial charge in [-0.15, -0.1) is 0 Å². The normalized spacial score (nSPS) is 9.89. The first-order chi connectivity index (χ1) is 9.09. The number of phenols is 1. The summed E-state index contributed by atoms with van der Waals surface area (Å²) in [5, 5.41) is 12.4. The molecule has 0 radical (unpaired) electrons. The molecule has 5 nitrogen and oxygen atoms in total. The summed E-state index contributed by atoms with van der Waals surface area (Å²) in [6, 6.07) is 12.9. The van der Waals surface area contributed by atoms with E-state index in [0.717, 1.165) is 0 Å². The molecule has 0 aromatic heterocycles. The van der Waals surface area contributed by atoms with E-state index in [0.29, 0.717) is 5.56 Å². The van der Waals surface area contributed by atoms with Gasteiger partial charge in [-0.2, -0.15) is 0 Å². The van der Waals surface area contributed by atoms with E-state index in [-0.39, 0.29) is 22.9 Å². The highest BCUT2D eigenvalue weighted by Crippen LogP contribution is 2.27. The third-order valence-electron chi connectivity index (χ3n) is 2.59. The number of aromatic hydroxyl groups is 1. The summed E-state index contributed by atoms with van der Waals surface area (Å²) >= 11 is 0. The number of carbonyl (C=O) groups is 2. The van der Waals surface area contributed by atoms with Crippen LogP contribution in [0.2, 0.25) is 0 Å². The van der Waals surface area contributed by atoms with Crippen molar-refractivity contribution < 1.29 is 14.7 Å². The van der Waals surface area contributed by atoms with E-state index in [2.05, 4.69) is 5.32 Å². The summed E-state index contributed by atoms with van der Waals surface area (Å²) in [6.07, 6.45) is 0. The van der Waals surface area contributed by atoms with Gasteiger partial charge in [-0.3, -0.25) is 9.59 Å². The van der Waals surface area contributed by atoms with E-state index >= 15 is 0 Å². The van der Waals surface area contributed by atoms with Crippen LogP contribution in [0.25, 0.3) is 0 Å². The minimum Gasteiger partial charge on any atom is -0.505 e. The number of anilines is 1. The first kappa shape index (κ1) is 12.6. The second-order valence-corrected chi connectivity index (χ2v) is 3.89. The average Bonchev–Trinajstić information content (AvgIpc) is 2.41. The Labute approximate surface area is 109 Å². The molecule has 2 rings (SSSR count). The molecule has 2 aromatic rings. The van der Waals surface area contributed by atoms with Gasteiger partial charge in [-0.05, 0) is 24.3 Å². The van der Waals surface area contributed by atoms with Crippen LogP contribution in [0.15, 0.2) is 48.5 Å². The molecule has 0 saturated carbocycles. The minimum atomic E-state index is -0.756. The van der Waals surface area contributed by atoms with E-state index in [9.17, 15) is 14.7 Å². The van der Waals surface area contributed by atoms with Gasteiger partial charge in [0.1, 0.15) is 0 Å². The Morgan fingerprint density at radius 1 is 1.00 bits per heavy atom. The Morgan fingerprint density at radius 3 is 2.32 bits per heavy atom. The smallest absolute Gasteiger partial charge is 0.255 e. The molecule has 96 valence electrons. The molecule has 0 atom stereocenters. The summed E-state index contributed by atoms with van der Waals surface area (Å²) in [4.78, 5) is 23.0. The summed E-state index contributed by atoms with van der Waals surface area (Å²) in [6.45, 7) is 0. The maximum atomic E-state index is 11.9. The number of amides is 2. The molecule has 0 aliphatic heterocycles. The van der Waals surface area contributed by atoms with Crippen LogP contribution in [0.1, 0.15) is 20.7 Å². The number of hydrogen-bond acceptors (Lipinski definition) is 3. The van der Waals surface area contributed by atoms with Gasteiger partial charge in [0.2, 0.25) is 0 Å². The molecular formula is C14H12N2O3. The molecule has 0 aliphatic carbocycles. The lowest BCUT2D eigenvalue weighted by Crippen LogP contribution is -2.14. The zero-order valence-corrected chi connectivity index (χ0v) is 9.96. The molecule has 4 N–H and O–H groups in total. The average molecular weight is 256 g/mol. The zero-order chi connectivity index (χ0) is 13.8. The van der Waals surface area contributed by atoms with Crippen LogP contribution >= 0.6 is 0 Å². The first-order valence-corrected chi connectivity index (χ1v) is 5.58. The third kappa shape index (κ3) is 2.71. The Morgan fingerprint density at radius 2 is 1.68 bits per heavy atom. The lowest BCUT2D eigenvalue weighted by atomic mass is 10.1. The number of rotatable bonds is 3. The molecule has 19 heavy (non-hydrogen) atoms. The molecule has 0 bridgehead atoms. The molecule has 0 aliphatic rings. The number of primary amides is 1. The number of nitrogens with one attached hydrogen (secondary N) is 1. The number of carbonyl (C=O) groups excluding carboxylic acids is 2. The van der Waals surface area contributed by atoms with Crippen molar-refractivity contribution in [3.8, 4) is 5.75 Å².